The highest BCUT2D eigenvalue weighted by atomic mass is 16.5. The van der Waals surface area contributed by atoms with Gasteiger partial charge in [0.25, 0.3) is 5.91 Å². The molecule has 0 bridgehead atoms. The number of carbonyl (C=O) groups is 2. The van der Waals surface area contributed by atoms with E-state index in [0.29, 0.717) is 47.4 Å². The molecule has 0 spiro atoms. The number of aromatic amines is 2. The average Bonchev–Trinajstić information content (AvgIpc) is 3.68. The Morgan fingerprint density at radius 1 is 1.13 bits per heavy atom. The molecule has 1 aliphatic rings. The lowest BCUT2D eigenvalue weighted by atomic mass is 10.2. The summed E-state index contributed by atoms with van der Waals surface area (Å²) < 4.78 is 6.17. The largest absolute Gasteiger partial charge is 0.456 e. The van der Waals surface area contributed by atoms with Crippen molar-refractivity contribution in [2.45, 2.75) is 25.8 Å². The van der Waals surface area contributed by atoms with Gasteiger partial charge < -0.3 is 19.9 Å². The highest BCUT2D eigenvalue weighted by Crippen LogP contribution is 2.33. The molecule has 1 saturated heterocycles. The second-order valence-electron chi connectivity index (χ2n) is 9.11. The number of aromatic nitrogens is 5. The topological polar surface area (TPSA) is 141 Å². The van der Waals surface area contributed by atoms with Crippen LogP contribution in [0, 0.1) is 0 Å². The second-order valence-corrected chi connectivity index (χ2v) is 9.11. The molecule has 3 aromatic heterocycles. The van der Waals surface area contributed by atoms with Gasteiger partial charge in [0, 0.05) is 43.4 Å². The first-order valence-corrected chi connectivity index (χ1v) is 12.5. The number of imidazole rings is 1. The molecular formula is C27H26N8O3. The van der Waals surface area contributed by atoms with Crippen LogP contribution >= 0.6 is 0 Å². The number of nitrogens with zero attached hydrogens (tertiary/aromatic N) is 4. The van der Waals surface area contributed by atoms with Crippen molar-refractivity contribution < 1.29 is 14.3 Å². The van der Waals surface area contributed by atoms with Gasteiger partial charge in [0.1, 0.15) is 16.9 Å². The minimum atomic E-state index is -0.282. The summed E-state index contributed by atoms with van der Waals surface area (Å²) in [5, 5.41) is 14.3. The summed E-state index contributed by atoms with van der Waals surface area (Å²) in [7, 11) is 0. The van der Waals surface area contributed by atoms with Crippen molar-refractivity contribution >= 4 is 45.6 Å². The van der Waals surface area contributed by atoms with Crippen LogP contribution in [0.2, 0.25) is 0 Å². The fourth-order valence-electron chi connectivity index (χ4n) is 4.63. The van der Waals surface area contributed by atoms with Gasteiger partial charge in [-0.25, -0.2) is 9.97 Å². The Morgan fingerprint density at radius 2 is 1.97 bits per heavy atom. The number of rotatable bonds is 7. The number of ether oxygens (including phenoxy) is 1. The van der Waals surface area contributed by atoms with Crippen molar-refractivity contribution in [2.75, 3.05) is 23.7 Å². The number of pyridine rings is 1. The van der Waals surface area contributed by atoms with E-state index < -0.39 is 0 Å². The molecule has 6 rings (SSSR count). The van der Waals surface area contributed by atoms with Gasteiger partial charge in [-0.15, -0.1) is 0 Å². The van der Waals surface area contributed by atoms with E-state index in [1.54, 1.807) is 36.5 Å². The monoisotopic (exact) mass is 510 g/mol. The summed E-state index contributed by atoms with van der Waals surface area (Å²) in [5.41, 5.74) is 2.69. The fraction of sp³-hybridized carbons (Fsp3) is 0.222. The van der Waals surface area contributed by atoms with Gasteiger partial charge in [0.05, 0.1) is 11.0 Å². The Labute approximate surface area is 217 Å². The predicted molar refractivity (Wildman–Crippen MR) is 143 cm³/mol. The summed E-state index contributed by atoms with van der Waals surface area (Å²) in [4.78, 5) is 38.5. The van der Waals surface area contributed by atoms with Gasteiger partial charge in [-0.2, -0.15) is 5.10 Å². The molecule has 0 aliphatic carbocycles. The van der Waals surface area contributed by atoms with Crippen LogP contribution in [0.15, 0.2) is 60.8 Å². The third-order valence-corrected chi connectivity index (χ3v) is 6.57. The summed E-state index contributed by atoms with van der Waals surface area (Å²) in [6, 6.07) is 16.3. The van der Waals surface area contributed by atoms with Crippen LogP contribution in [0.25, 0.3) is 22.1 Å². The van der Waals surface area contributed by atoms with E-state index in [4.69, 9.17) is 4.74 Å². The van der Waals surface area contributed by atoms with Gasteiger partial charge >= 0.3 is 0 Å². The van der Waals surface area contributed by atoms with Gasteiger partial charge in [0.15, 0.2) is 11.5 Å². The van der Waals surface area contributed by atoms with Crippen LogP contribution in [0.5, 0.6) is 11.5 Å². The fourth-order valence-corrected chi connectivity index (χ4v) is 4.63. The van der Waals surface area contributed by atoms with E-state index in [0.717, 1.165) is 29.4 Å². The number of hydrogen-bond donors (Lipinski definition) is 4. The summed E-state index contributed by atoms with van der Waals surface area (Å²) in [5.74, 6) is 2.02. The van der Waals surface area contributed by atoms with Crippen molar-refractivity contribution in [2.24, 2.45) is 0 Å². The molecule has 1 fully saturated rings. The minimum absolute atomic E-state index is 0.0922. The smallest absolute Gasteiger partial charge is 0.257 e. The van der Waals surface area contributed by atoms with Crippen LogP contribution in [0.4, 0.5) is 11.8 Å². The first-order chi connectivity index (χ1) is 18.6. The molecule has 1 aliphatic heterocycles. The molecule has 1 unspecified atom stereocenters. The van der Waals surface area contributed by atoms with E-state index >= 15 is 0 Å². The lowest BCUT2D eigenvalue weighted by Gasteiger charge is -2.16. The number of para-hydroxylation sites is 2. The van der Waals surface area contributed by atoms with E-state index in [-0.39, 0.29) is 17.9 Å². The number of benzene rings is 2. The van der Waals surface area contributed by atoms with E-state index in [1.165, 1.54) is 0 Å². The predicted octanol–water partition coefficient (Wildman–Crippen LogP) is 4.30. The molecule has 2 aromatic carbocycles. The van der Waals surface area contributed by atoms with E-state index in [1.807, 2.05) is 36.1 Å². The number of anilines is 2. The molecule has 5 aromatic rings. The number of fused-ring (bicyclic) bond motifs is 2. The molecule has 1 atom stereocenters. The van der Waals surface area contributed by atoms with Gasteiger partial charge in [-0.1, -0.05) is 19.1 Å². The lowest BCUT2D eigenvalue weighted by Crippen LogP contribution is -2.31. The molecule has 2 amide bonds. The standard InChI is InChI=1S/C27H26N8O3/c1-2-22(36)35-14-12-17(15-35)29-25-23-21(11-13-28-24(23)33-34-25)38-18-9-7-16(8-10-18)26(37)32-27-30-19-5-3-4-6-20(19)31-27/h3-11,13,17H,2,12,14-15H2,1H3,(H2,28,29,33,34)(H2,30,31,32,37). The number of hydrogen-bond acceptors (Lipinski definition) is 7. The molecule has 0 radical (unpaired) electrons. The zero-order valence-electron chi connectivity index (χ0n) is 20.7. The van der Waals surface area contributed by atoms with Crippen molar-refractivity contribution in [1.82, 2.24) is 30.0 Å². The van der Waals surface area contributed by atoms with E-state index in [9.17, 15) is 9.59 Å². The molecule has 11 heteroatoms. The second kappa shape index (κ2) is 9.85. The van der Waals surface area contributed by atoms with Crippen molar-refractivity contribution in [1.29, 1.82) is 0 Å². The number of amides is 2. The molecule has 38 heavy (non-hydrogen) atoms. The lowest BCUT2D eigenvalue weighted by molar-refractivity contribution is -0.129. The molecular weight excluding hydrogens is 484 g/mol. The maximum Gasteiger partial charge on any atom is 0.257 e. The summed E-state index contributed by atoms with van der Waals surface area (Å²) in [6.45, 7) is 3.24. The Balaban J connectivity index is 1.16. The minimum Gasteiger partial charge on any atom is -0.456 e. The van der Waals surface area contributed by atoms with Gasteiger partial charge in [-0.3, -0.25) is 20.0 Å². The molecule has 4 heterocycles. The third-order valence-electron chi connectivity index (χ3n) is 6.57. The van der Waals surface area contributed by atoms with Crippen LogP contribution in [-0.4, -0.2) is 61.0 Å². The normalized spacial score (nSPS) is 15.2. The van der Waals surface area contributed by atoms with E-state index in [2.05, 4.69) is 35.8 Å². The number of nitrogens with one attached hydrogen (secondary N) is 4. The number of carbonyl (C=O) groups excluding carboxylic acids is 2. The Kier molecular flexibility index (Phi) is 6.08. The first kappa shape index (κ1) is 23.5. The molecule has 4 N–H and O–H groups in total. The molecule has 0 saturated carbocycles. The van der Waals surface area contributed by atoms with Crippen molar-refractivity contribution in [3.63, 3.8) is 0 Å². The number of H-pyrrole nitrogens is 2. The number of likely N-dealkylation sites (tertiary alicyclic amines) is 1. The summed E-state index contributed by atoms with van der Waals surface area (Å²) >= 11 is 0. The van der Waals surface area contributed by atoms with Crippen molar-refractivity contribution in [3.05, 3.63) is 66.4 Å². The first-order valence-electron chi connectivity index (χ1n) is 12.5. The quantitative estimate of drug-likeness (QED) is 0.256. The third kappa shape index (κ3) is 4.61. The zero-order chi connectivity index (χ0) is 26.1. The Morgan fingerprint density at radius 3 is 2.79 bits per heavy atom. The molecule has 192 valence electrons. The van der Waals surface area contributed by atoms with Crippen LogP contribution in [0.3, 0.4) is 0 Å². The Bertz CT molecular complexity index is 1590. The van der Waals surface area contributed by atoms with Crippen LogP contribution in [-0.2, 0) is 4.79 Å². The highest BCUT2D eigenvalue weighted by molar-refractivity contribution is 6.04. The maximum absolute atomic E-state index is 12.7. The zero-order valence-corrected chi connectivity index (χ0v) is 20.7. The SMILES string of the molecule is CCC(=O)N1CCC(Nc2n[nH]c3nccc(Oc4ccc(C(=O)Nc5nc6ccccc6[nH]5)cc4)c23)C1. The Hall–Kier alpha value is -4.93. The maximum atomic E-state index is 12.7. The van der Waals surface area contributed by atoms with Crippen LogP contribution in [0.1, 0.15) is 30.1 Å². The van der Waals surface area contributed by atoms with Crippen LogP contribution < -0.4 is 15.4 Å². The highest BCUT2D eigenvalue weighted by Gasteiger charge is 2.26. The van der Waals surface area contributed by atoms with Gasteiger partial charge in [0.2, 0.25) is 11.9 Å². The van der Waals surface area contributed by atoms with Crippen molar-refractivity contribution in [3.8, 4) is 11.5 Å². The summed E-state index contributed by atoms with van der Waals surface area (Å²) in [6.07, 6.45) is 2.99. The van der Waals surface area contributed by atoms with Gasteiger partial charge in [-0.05, 0) is 42.8 Å². The average molecular weight is 511 g/mol. The molecule has 11 nitrogen and oxygen atoms in total.